The van der Waals surface area contributed by atoms with Gasteiger partial charge in [-0.2, -0.15) is 0 Å². The van der Waals surface area contributed by atoms with Crippen molar-refractivity contribution in [1.29, 1.82) is 0 Å². The molecule has 2 N–H and O–H groups in total. The third-order valence-corrected chi connectivity index (χ3v) is 7.55. The highest BCUT2D eigenvalue weighted by Gasteiger charge is 2.36. The maximum Gasteiger partial charge on any atom is 0.0470 e. The van der Waals surface area contributed by atoms with Gasteiger partial charge in [-0.3, -0.25) is 0 Å². The first-order chi connectivity index (χ1) is 13.5. The van der Waals surface area contributed by atoms with Gasteiger partial charge in [0.2, 0.25) is 0 Å². The standard InChI is InChI=1S/C25H29BrN2/c1-4-15-11-17-12-21-19-6-5-18(26)13-23(19)28-24(21)25(2,3)22(17)14-20(15)16-7-9-27-10-8-16/h5-6,11,13-14,16,27-28H,4,7-10,12H2,1-3H3. The Balaban J connectivity index is 1.68. The van der Waals surface area contributed by atoms with Crippen LogP contribution in [0.5, 0.6) is 0 Å². The normalized spacial score (nSPS) is 18.9. The summed E-state index contributed by atoms with van der Waals surface area (Å²) in [4.78, 5) is 3.78. The Morgan fingerprint density at radius 1 is 1.11 bits per heavy atom. The molecule has 1 fully saturated rings. The molecule has 28 heavy (non-hydrogen) atoms. The molecule has 2 aliphatic rings. The Morgan fingerprint density at radius 2 is 1.89 bits per heavy atom. The molecule has 0 spiro atoms. The molecule has 0 bridgehead atoms. The molecule has 1 aliphatic heterocycles. The Bertz CT molecular complexity index is 1050. The highest BCUT2D eigenvalue weighted by Crippen LogP contribution is 2.46. The van der Waals surface area contributed by atoms with E-state index in [0.29, 0.717) is 5.92 Å². The molecule has 1 saturated heterocycles. The Morgan fingerprint density at radius 3 is 2.64 bits per heavy atom. The molecule has 1 aliphatic carbocycles. The van der Waals surface area contributed by atoms with Crippen LogP contribution in [0.3, 0.4) is 0 Å². The predicted octanol–water partition coefficient (Wildman–Crippen LogP) is 6.19. The minimum Gasteiger partial charge on any atom is -0.357 e. The lowest BCUT2D eigenvalue weighted by atomic mass is 9.69. The van der Waals surface area contributed by atoms with Gasteiger partial charge in [0.15, 0.2) is 0 Å². The van der Waals surface area contributed by atoms with Crippen molar-refractivity contribution in [3.05, 3.63) is 68.3 Å². The van der Waals surface area contributed by atoms with Gasteiger partial charge < -0.3 is 10.3 Å². The summed E-state index contributed by atoms with van der Waals surface area (Å²) in [5, 5.41) is 4.90. The van der Waals surface area contributed by atoms with Crippen molar-refractivity contribution in [2.24, 2.45) is 0 Å². The lowest BCUT2D eigenvalue weighted by Crippen LogP contribution is -2.30. The van der Waals surface area contributed by atoms with Gasteiger partial charge in [-0.05, 0) is 78.2 Å². The number of aromatic nitrogens is 1. The molecule has 146 valence electrons. The number of rotatable bonds is 2. The Labute approximate surface area is 176 Å². The van der Waals surface area contributed by atoms with Gasteiger partial charge in [-0.15, -0.1) is 0 Å². The second-order valence-electron chi connectivity index (χ2n) is 9.06. The number of aromatic amines is 1. The SMILES string of the molecule is CCc1cc2c(cc1C1CCNCC1)C(C)(C)c1[nH]c3cc(Br)ccc3c1C2. The second kappa shape index (κ2) is 6.74. The van der Waals surface area contributed by atoms with E-state index in [-0.39, 0.29) is 5.41 Å². The number of nitrogens with one attached hydrogen (secondary N) is 2. The topological polar surface area (TPSA) is 27.8 Å². The fraction of sp³-hybridized carbons (Fsp3) is 0.440. The molecule has 2 nitrogen and oxygen atoms in total. The first-order valence-electron chi connectivity index (χ1n) is 10.7. The van der Waals surface area contributed by atoms with Crippen LogP contribution in [0.4, 0.5) is 0 Å². The van der Waals surface area contributed by atoms with E-state index in [1.807, 2.05) is 0 Å². The Kier molecular flexibility index (Phi) is 4.44. The smallest absolute Gasteiger partial charge is 0.0470 e. The van der Waals surface area contributed by atoms with Crippen LogP contribution in [0.25, 0.3) is 10.9 Å². The maximum absolute atomic E-state index is 3.78. The highest BCUT2D eigenvalue weighted by atomic mass is 79.9. The van der Waals surface area contributed by atoms with Gasteiger partial charge in [0, 0.05) is 32.9 Å². The van der Waals surface area contributed by atoms with Crippen LogP contribution >= 0.6 is 15.9 Å². The molecular formula is C25H29BrN2. The van der Waals surface area contributed by atoms with Crippen molar-refractivity contribution < 1.29 is 0 Å². The molecule has 0 unspecified atom stereocenters. The van der Waals surface area contributed by atoms with Crippen LogP contribution in [0, 0.1) is 0 Å². The third kappa shape index (κ3) is 2.78. The number of piperidine rings is 1. The van der Waals surface area contributed by atoms with E-state index >= 15 is 0 Å². The van der Waals surface area contributed by atoms with Crippen molar-refractivity contribution in [3.63, 3.8) is 0 Å². The molecule has 0 radical (unpaired) electrons. The molecule has 2 heterocycles. The number of aryl methyl sites for hydroxylation is 1. The molecular weight excluding hydrogens is 408 g/mol. The number of halogens is 1. The Hall–Kier alpha value is -1.58. The molecule has 1 aromatic heterocycles. The lowest BCUT2D eigenvalue weighted by molar-refractivity contribution is 0.457. The van der Waals surface area contributed by atoms with Crippen molar-refractivity contribution >= 4 is 26.8 Å². The fourth-order valence-electron chi connectivity index (χ4n) is 5.53. The van der Waals surface area contributed by atoms with Crippen LogP contribution in [0.2, 0.25) is 0 Å². The van der Waals surface area contributed by atoms with Crippen molar-refractivity contribution in [2.45, 2.75) is 57.8 Å². The van der Waals surface area contributed by atoms with Gasteiger partial charge >= 0.3 is 0 Å². The summed E-state index contributed by atoms with van der Waals surface area (Å²) in [6, 6.07) is 11.8. The van der Waals surface area contributed by atoms with E-state index in [4.69, 9.17) is 0 Å². The van der Waals surface area contributed by atoms with Gasteiger partial charge in [0.05, 0.1) is 0 Å². The molecule has 0 atom stereocenters. The van der Waals surface area contributed by atoms with Crippen LogP contribution in [-0.4, -0.2) is 18.1 Å². The van der Waals surface area contributed by atoms with Gasteiger partial charge in [-0.1, -0.05) is 54.9 Å². The number of H-pyrrole nitrogens is 1. The quantitative estimate of drug-likeness (QED) is 0.492. The first kappa shape index (κ1) is 18.4. The van der Waals surface area contributed by atoms with Crippen LogP contribution in [-0.2, 0) is 18.3 Å². The highest BCUT2D eigenvalue weighted by molar-refractivity contribution is 9.10. The van der Waals surface area contributed by atoms with Gasteiger partial charge in [0.25, 0.3) is 0 Å². The molecule has 0 saturated carbocycles. The van der Waals surface area contributed by atoms with E-state index in [9.17, 15) is 0 Å². The lowest BCUT2D eigenvalue weighted by Gasteiger charge is -2.35. The number of fused-ring (bicyclic) bond motifs is 4. The molecule has 5 rings (SSSR count). The number of benzene rings is 2. The van der Waals surface area contributed by atoms with Crippen LogP contribution in [0.1, 0.15) is 73.0 Å². The summed E-state index contributed by atoms with van der Waals surface area (Å²) in [5.41, 5.74) is 10.3. The monoisotopic (exact) mass is 436 g/mol. The van der Waals surface area contributed by atoms with Gasteiger partial charge in [-0.25, -0.2) is 0 Å². The van der Waals surface area contributed by atoms with E-state index in [1.54, 1.807) is 11.1 Å². The average Bonchev–Trinajstić information content (AvgIpc) is 3.06. The van der Waals surface area contributed by atoms with E-state index in [0.717, 1.165) is 30.4 Å². The maximum atomic E-state index is 3.78. The minimum atomic E-state index is 0.00233. The zero-order chi connectivity index (χ0) is 19.5. The van der Waals surface area contributed by atoms with Crippen LogP contribution in [0.15, 0.2) is 34.8 Å². The molecule has 0 amide bonds. The number of hydrogen-bond acceptors (Lipinski definition) is 1. The predicted molar refractivity (Wildman–Crippen MR) is 122 cm³/mol. The molecule has 2 aromatic carbocycles. The fourth-order valence-corrected chi connectivity index (χ4v) is 5.89. The number of hydrogen-bond donors (Lipinski definition) is 2. The van der Waals surface area contributed by atoms with E-state index < -0.39 is 0 Å². The summed E-state index contributed by atoms with van der Waals surface area (Å²) in [5.74, 6) is 0.706. The average molecular weight is 437 g/mol. The first-order valence-corrected chi connectivity index (χ1v) is 11.5. The van der Waals surface area contributed by atoms with Crippen LogP contribution < -0.4 is 5.32 Å². The zero-order valence-corrected chi connectivity index (χ0v) is 18.7. The summed E-state index contributed by atoms with van der Waals surface area (Å²) in [7, 11) is 0. The van der Waals surface area contributed by atoms with Gasteiger partial charge in [0.1, 0.15) is 0 Å². The second-order valence-corrected chi connectivity index (χ2v) is 9.97. The largest absolute Gasteiger partial charge is 0.357 e. The van der Waals surface area contributed by atoms with Crippen molar-refractivity contribution in [1.82, 2.24) is 10.3 Å². The molecule has 3 aromatic rings. The van der Waals surface area contributed by atoms with Crippen molar-refractivity contribution in [3.8, 4) is 0 Å². The minimum absolute atomic E-state index is 0.00233. The van der Waals surface area contributed by atoms with E-state index in [2.05, 4.69) is 77.3 Å². The summed E-state index contributed by atoms with van der Waals surface area (Å²) >= 11 is 3.63. The third-order valence-electron chi connectivity index (χ3n) is 7.06. The summed E-state index contributed by atoms with van der Waals surface area (Å²) in [6.07, 6.45) is 4.69. The summed E-state index contributed by atoms with van der Waals surface area (Å²) < 4.78 is 1.13. The molecule has 3 heteroatoms. The zero-order valence-electron chi connectivity index (χ0n) is 17.1. The summed E-state index contributed by atoms with van der Waals surface area (Å²) in [6.45, 7) is 9.40. The van der Waals surface area contributed by atoms with E-state index in [1.165, 1.54) is 46.1 Å². The van der Waals surface area contributed by atoms with Crippen molar-refractivity contribution in [2.75, 3.05) is 13.1 Å².